The number of anilines is 1. The van der Waals surface area contributed by atoms with Crippen molar-refractivity contribution in [1.29, 1.82) is 0 Å². The van der Waals surface area contributed by atoms with Crippen LogP contribution in [0.1, 0.15) is 150 Å². The summed E-state index contributed by atoms with van der Waals surface area (Å²) in [5.74, 6) is -3.22. The first-order valence-corrected chi connectivity index (χ1v) is 31.1. The van der Waals surface area contributed by atoms with Gasteiger partial charge in [0.15, 0.2) is 5.78 Å². The number of para-hydroxylation sites is 1. The van der Waals surface area contributed by atoms with Gasteiger partial charge < -0.3 is 41.5 Å². The zero-order valence-corrected chi connectivity index (χ0v) is 55.0. The van der Waals surface area contributed by atoms with Gasteiger partial charge in [0.2, 0.25) is 23.6 Å². The molecule has 0 saturated heterocycles. The summed E-state index contributed by atoms with van der Waals surface area (Å²) in [5.41, 5.74) is 12.2. The van der Waals surface area contributed by atoms with Crippen molar-refractivity contribution < 1.29 is 43.1 Å². The average molecular weight is 1220 g/mol. The fourth-order valence-electron chi connectivity index (χ4n) is 11.2. The van der Waals surface area contributed by atoms with E-state index in [1.54, 1.807) is 48.2 Å². The molecule has 19 nitrogen and oxygen atoms in total. The Balaban J connectivity index is 0.00000713. The lowest BCUT2D eigenvalue weighted by atomic mass is 9.76. The second kappa shape index (κ2) is 32.8. The van der Waals surface area contributed by atoms with Crippen molar-refractivity contribution in [1.82, 2.24) is 41.6 Å². The number of likely N-dealkylation sites (N-methyl/N-ethyl adjacent to an activating group) is 2. The molecule has 0 radical (unpaired) electrons. The molecule has 7 N–H and O–H groups in total. The third kappa shape index (κ3) is 19.6. The highest BCUT2D eigenvalue weighted by atomic mass is 16.5. The Bertz CT molecular complexity index is 3280. The number of amides is 6. The molecule has 89 heavy (non-hydrogen) atoms. The van der Waals surface area contributed by atoms with E-state index in [2.05, 4.69) is 56.6 Å². The Morgan fingerprint density at radius 1 is 0.742 bits per heavy atom. The van der Waals surface area contributed by atoms with Crippen LogP contribution in [0.15, 0.2) is 109 Å². The number of ketones is 2. The second-order valence-corrected chi connectivity index (χ2v) is 25.4. The van der Waals surface area contributed by atoms with Crippen LogP contribution in [0.4, 0.5) is 10.5 Å². The summed E-state index contributed by atoms with van der Waals surface area (Å²) < 4.78 is 5.72. The standard InChI is InChI=1S/C68H90N10O9.C2H6/c1-41(2)34-55(43(5)6)77(13)65(85)62(67(7,8)9)73-64(84)61(70-12)68(10,11)48-22-18-20-46(35-48)37-58(82)87-40-45-29-27-44(28-30-45)36-56(80)53(25-19-33-71-66(69)86)72-63(83)52(42(3)4)38-49(79)31-32-57(81)78-39-47-21-14-15-23-50(47)59-60(75-76-74-59)51-24-16-17-26-54(51)78;1-2/h14-18,20-24,26-30,34-35,42-43,52-53,55,61-62,70H,19,25,31-33,36-40H2,1-13H3,(H,72,83)(H,73,84)(H3,69,71,86)(H,74,75,76);1-2H3/t52-,53-,55+,61+,62+;/m0./s1. The number of ether oxygens (including phenoxy) is 1. The molecular formula is C70H96N10O9. The van der Waals surface area contributed by atoms with Crippen LogP contribution in [0.25, 0.3) is 22.5 Å². The Hall–Kier alpha value is -8.32. The van der Waals surface area contributed by atoms with Gasteiger partial charge in [-0.1, -0.05) is 179 Å². The summed E-state index contributed by atoms with van der Waals surface area (Å²) in [4.78, 5) is 113. The maximum atomic E-state index is 14.3. The summed E-state index contributed by atoms with van der Waals surface area (Å²) in [5, 5.41) is 23.3. The van der Waals surface area contributed by atoms with Gasteiger partial charge in [0.25, 0.3) is 0 Å². The van der Waals surface area contributed by atoms with Crippen LogP contribution in [-0.2, 0) is 69.7 Å². The molecule has 0 saturated carbocycles. The SMILES string of the molecule is CC.CN[C@H](C(=O)N[C@H](C(=O)N(C)[C@H](C=C(C)C)C(C)C)C(C)(C)C)C(C)(C)c1cccc(CC(=O)OCc2ccc(CC(=O)[C@H](CCCNC(N)=O)NC(=O)[C@@H](CC(=O)CCC(=O)N3Cc4ccccc4-c4n[nH]nc4-c4ccccc43)C(C)C)cc2)c1. The van der Waals surface area contributed by atoms with Gasteiger partial charge >= 0.3 is 12.0 Å². The minimum atomic E-state index is -0.962. The van der Waals surface area contributed by atoms with Crippen LogP contribution in [0, 0.1) is 23.2 Å². The summed E-state index contributed by atoms with van der Waals surface area (Å²) in [6, 6.07) is 26.2. The van der Waals surface area contributed by atoms with Gasteiger partial charge in [-0.05, 0) is 84.9 Å². The number of primary amides is 1. The number of hydrogen-bond acceptors (Lipinski definition) is 12. The number of nitrogens with two attached hydrogens (primary N) is 1. The van der Waals surface area contributed by atoms with Crippen molar-refractivity contribution in [3.8, 4) is 22.5 Å². The predicted molar refractivity (Wildman–Crippen MR) is 349 cm³/mol. The van der Waals surface area contributed by atoms with E-state index < -0.39 is 52.8 Å². The highest BCUT2D eigenvalue weighted by Gasteiger charge is 2.42. The molecule has 6 amide bonds. The normalized spacial score (nSPS) is 13.7. The first-order valence-electron chi connectivity index (χ1n) is 31.1. The average Bonchev–Trinajstić information content (AvgIpc) is 1.89. The van der Waals surface area contributed by atoms with Crippen LogP contribution < -0.4 is 31.9 Å². The molecule has 1 aromatic heterocycles. The van der Waals surface area contributed by atoms with Crippen molar-refractivity contribution in [3.05, 3.63) is 137 Å². The topological polar surface area (TPSA) is 268 Å². The van der Waals surface area contributed by atoms with Crippen molar-refractivity contribution in [2.75, 3.05) is 25.5 Å². The van der Waals surface area contributed by atoms with Crippen LogP contribution >= 0.6 is 0 Å². The quantitative estimate of drug-likeness (QED) is 0.0155. The first kappa shape index (κ1) is 71.4. The monoisotopic (exact) mass is 1220 g/mol. The minimum Gasteiger partial charge on any atom is -0.461 e. The van der Waals surface area contributed by atoms with E-state index in [1.807, 2.05) is 149 Å². The van der Waals surface area contributed by atoms with E-state index in [0.29, 0.717) is 40.2 Å². The maximum absolute atomic E-state index is 14.3. The number of benzene rings is 4. The van der Waals surface area contributed by atoms with E-state index in [1.165, 1.54) is 0 Å². The smallest absolute Gasteiger partial charge is 0.312 e. The minimum absolute atomic E-state index is 0.0321. The number of allylic oxidation sites excluding steroid dienone is 1. The van der Waals surface area contributed by atoms with Crippen molar-refractivity contribution >= 4 is 52.9 Å². The molecule has 480 valence electrons. The number of nitrogens with one attached hydrogen (secondary N) is 5. The third-order valence-electron chi connectivity index (χ3n) is 16.3. The predicted octanol–water partition coefficient (Wildman–Crippen LogP) is 9.90. The van der Waals surface area contributed by atoms with Gasteiger partial charge in [0.1, 0.15) is 29.8 Å². The number of fused-ring (bicyclic) bond motifs is 5. The molecule has 5 aromatic rings. The molecule has 0 bridgehead atoms. The number of hydrogen-bond donors (Lipinski definition) is 6. The number of aromatic amines is 1. The molecule has 0 unspecified atom stereocenters. The second-order valence-electron chi connectivity index (χ2n) is 25.4. The number of rotatable bonds is 28. The molecule has 0 fully saturated rings. The van der Waals surface area contributed by atoms with Crippen molar-refractivity contribution in [2.45, 2.75) is 178 Å². The van der Waals surface area contributed by atoms with Gasteiger partial charge in [-0.25, -0.2) is 4.79 Å². The number of H-pyrrole nitrogens is 1. The molecule has 19 heteroatoms. The molecular weight excluding hydrogens is 1120 g/mol. The Morgan fingerprint density at radius 3 is 1.99 bits per heavy atom. The Morgan fingerprint density at radius 2 is 1.37 bits per heavy atom. The highest BCUT2D eigenvalue weighted by molar-refractivity contribution is 6.02. The number of esters is 1. The molecule has 5 atom stereocenters. The van der Waals surface area contributed by atoms with Crippen LogP contribution in [0.2, 0.25) is 0 Å². The molecule has 1 aliphatic rings. The fraction of sp³-hybridized carbons (Fsp3) is 0.486. The van der Waals surface area contributed by atoms with Gasteiger partial charge in [0, 0.05) is 61.7 Å². The summed E-state index contributed by atoms with van der Waals surface area (Å²) in [6.07, 6.45) is 2.16. The molecule has 2 heterocycles. The molecule has 0 spiro atoms. The van der Waals surface area contributed by atoms with E-state index in [0.717, 1.165) is 27.8 Å². The summed E-state index contributed by atoms with van der Waals surface area (Å²) in [7, 11) is 3.50. The summed E-state index contributed by atoms with van der Waals surface area (Å²) in [6.45, 7) is 25.9. The van der Waals surface area contributed by atoms with Gasteiger partial charge in [0.05, 0.1) is 36.8 Å². The molecule has 1 aliphatic heterocycles. The third-order valence-corrected chi connectivity index (χ3v) is 16.3. The number of urea groups is 1. The van der Waals surface area contributed by atoms with Gasteiger partial charge in [-0.15, -0.1) is 0 Å². The van der Waals surface area contributed by atoms with E-state index in [-0.39, 0.29) is 105 Å². The number of nitrogens with zero attached hydrogens (tertiary/aromatic N) is 4. The van der Waals surface area contributed by atoms with Crippen molar-refractivity contribution in [3.63, 3.8) is 0 Å². The largest absolute Gasteiger partial charge is 0.461 e. The maximum Gasteiger partial charge on any atom is 0.312 e. The number of aromatic nitrogens is 3. The lowest BCUT2D eigenvalue weighted by Gasteiger charge is -2.40. The fourth-order valence-corrected chi connectivity index (χ4v) is 11.2. The lowest BCUT2D eigenvalue weighted by Crippen LogP contribution is -2.61. The lowest BCUT2D eigenvalue weighted by molar-refractivity contribution is -0.144. The molecule has 0 aliphatic carbocycles. The molecule has 4 aromatic carbocycles. The molecule has 6 rings (SSSR count). The summed E-state index contributed by atoms with van der Waals surface area (Å²) >= 11 is 0. The number of carbonyl (C=O) groups excluding carboxylic acids is 8. The van der Waals surface area contributed by atoms with Crippen LogP contribution in [0.3, 0.4) is 0 Å². The number of Topliss-reactive ketones (excluding diaryl/α,β-unsaturated/α-hetero) is 2. The Kier molecular flexibility index (Phi) is 26.3. The number of carbonyl (C=O) groups is 8. The van der Waals surface area contributed by atoms with E-state index in [9.17, 15) is 38.4 Å². The van der Waals surface area contributed by atoms with E-state index >= 15 is 0 Å². The first-order chi connectivity index (χ1) is 42.1. The van der Waals surface area contributed by atoms with Gasteiger partial charge in [-0.2, -0.15) is 15.4 Å². The van der Waals surface area contributed by atoms with Gasteiger partial charge in [-0.3, -0.25) is 33.6 Å². The van der Waals surface area contributed by atoms with E-state index in [4.69, 9.17) is 10.5 Å². The van der Waals surface area contributed by atoms with Crippen molar-refractivity contribution in [2.24, 2.45) is 28.9 Å². The highest BCUT2D eigenvalue weighted by Crippen LogP contribution is 2.40. The Labute approximate surface area is 526 Å². The zero-order valence-electron chi connectivity index (χ0n) is 55.0. The van der Waals surface area contributed by atoms with Crippen LogP contribution in [0.5, 0.6) is 0 Å². The van der Waals surface area contributed by atoms with Crippen LogP contribution in [-0.4, -0.2) is 112 Å². The zero-order chi connectivity index (χ0) is 65.9.